The molecule has 0 atom stereocenters. The van der Waals surface area contributed by atoms with Crippen LogP contribution in [0.3, 0.4) is 0 Å². The topological polar surface area (TPSA) is 102 Å². The third-order valence-electron chi connectivity index (χ3n) is 3.60. The molecular weight excluding hydrogens is 425 g/mol. The highest BCUT2D eigenvalue weighted by Crippen LogP contribution is 2.30. The predicted molar refractivity (Wildman–Crippen MR) is 102 cm³/mol. The van der Waals surface area contributed by atoms with E-state index in [1.807, 2.05) is 0 Å². The fourth-order valence-corrected chi connectivity index (χ4v) is 3.58. The summed E-state index contributed by atoms with van der Waals surface area (Å²) in [5, 5.41) is 2.20. The van der Waals surface area contributed by atoms with Gasteiger partial charge in [-0.15, -0.1) is 0 Å². The number of carbonyl (C=O) groups excluding carboxylic acids is 2. The number of alkyl halides is 3. The summed E-state index contributed by atoms with van der Waals surface area (Å²) in [6, 6.07) is 8.57. The van der Waals surface area contributed by atoms with Gasteiger partial charge in [0.2, 0.25) is 10.0 Å². The second kappa shape index (κ2) is 9.26. The molecule has 1 amide bonds. The Bertz CT molecular complexity index is 1020. The van der Waals surface area contributed by atoms with Crippen LogP contribution in [0.4, 0.5) is 18.9 Å². The second-order valence-electron chi connectivity index (χ2n) is 6.50. The Labute approximate surface area is 171 Å². The molecule has 0 aliphatic carbocycles. The minimum Gasteiger partial charge on any atom is -0.452 e. The number of benzene rings is 2. The van der Waals surface area contributed by atoms with E-state index in [4.69, 9.17) is 4.74 Å². The quantitative estimate of drug-likeness (QED) is 0.639. The van der Waals surface area contributed by atoms with Crippen LogP contribution in [-0.2, 0) is 25.7 Å². The Kier molecular flexibility index (Phi) is 7.21. The van der Waals surface area contributed by atoms with E-state index >= 15 is 0 Å². The lowest BCUT2D eigenvalue weighted by Gasteiger charge is -2.11. The molecule has 0 saturated carbocycles. The van der Waals surface area contributed by atoms with Gasteiger partial charge in [-0.05, 0) is 56.3 Å². The van der Waals surface area contributed by atoms with Gasteiger partial charge in [0.05, 0.1) is 16.0 Å². The van der Waals surface area contributed by atoms with Crippen molar-refractivity contribution in [3.8, 4) is 0 Å². The monoisotopic (exact) mass is 444 g/mol. The van der Waals surface area contributed by atoms with Crippen molar-refractivity contribution in [2.45, 2.75) is 31.0 Å². The lowest BCUT2D eigenvalue weighted by molar-refractivity contribution is -0.137. The van der Waals surface area contributed by atoms with Crippen LogP contribution >= 0.6 is 0 Å². The molecule has 2 N–H and O–H groups in total. The molecule has 0 spiro atoms. The SMILES string of the molecule is CC(C)NS(=O)(=O)c1ccc(C(=O)OCC(=O)Nc2cccc(C(F)(F)F)c2)cc1. The first-order valence-electron chi connectivity index (χ1n) is 8.65. The number of nitrogens with one attached hydrogen (secondary N) is 2. The van der Waals surface area contributed by atoms with Crippen LogP contribution < -0.4 is 10.0 Å². The first-order chi connectivity index (χ1) is 13.9. The number of halogens is 3. The van der Waals surface area contributed by atoms with E-state index < -0.39 is 40.2 Å². The van der Waals surface area contributed by atoms with Gasteiger partial charge >= 0.3 is 12.1 Å². The maximum absolute atomic E-state index is 12.7. The van der Waals surface area contributed by atoms with Crippen molar-refractivity contribution >= 4 is 27.6 Å². The standard InChI is InChI=1S/C19H19F3N2O5S/c1-12(2)24-30(27,28)16-8-6-13(7-9-16)18(26)29-11-17(25)23-15-5-3-4-14(10-15)19(20,21)22/h3-10,12,24H,11H2,1-2H3,(H,23,25). The minimum atomic E-state index is -4.56. The second-order valence-corrected chi connectivity index (χ2v) is 8.22. The first-order valence-corrected chi connectivity index (χ1v) is 10.1. The van der Waals surface area contributed by atoms with E-state index in [1.165, 1.54) is 30.3 Å². The number of sulfonamides is 1. The Morgan fingerprint density at radius 1 is 1.07 bits per heavy atom. The molecule has 30 heavy (non-hydrogen) atoms. The van der Waals surface area contributed by atoms with Crippen LogP contribution in [0.2, 0.25) is 0 Å². The molecule has 162 valence electrons. The van der Waals surface area contributed by atoms with Crippen LogP contribution in [0, 0.1) is 0 Å². The van der Waals surface area contributed by atoms with Crippen molar-refractivity contribution in [2.75, 3.05) is 11.9 Å². The van der Waals surface area contributed by atoms with Gasteiger partial charge in [-0.1, -0.05) is 6.07 Å². The molecule has 2 aromatic carbocycles. The largest absolute Gasteiger partial charge is 0.452 e. The van der Waals surface area contributed by atoms with Crippen molar-refractivity contribution < 1.29 is 35.9 Å². The number of amides is 1. The number of hydrogen-bond acceptors (Lipinski definition) is 5. The van der Waals surface area contributed by atoms with E-state index in [2.05, 4.69) is 10.0 Å². The van der Waals surface area contributed by atoms with Crippen LogP contribution in [0.1, 0.15) is 29.8 Å². The van der Waals surface area contributed by atoms with Gasteiger partial charge in [0.1, 0.15) is 0 Å². The van der Waals surface area contributed by atoms with Crippen LogP contribution in [0.25, 0.3) is 0 Å². The van der Waals surface area contributed by atoms with Crippen molar-refractivity contribution in [1.82, 2.24) is 4.72 Å². The zero-order valence-corrected chi connectivity index (χ0v) is 16.8. The molecule has 0 aliphatic heterocycles. The summed E-state index contributed by atoms with van der Waals surface area (Å²) in [5.41, 5.74) is -1.03. The zero-order chi connectivity index (χ0) is 22.5. The zero-order valence-electron chi connectivity index (χ0n) is 16.0. The highest BCUT2D eigenvalue weighted by Gasteiger charge is 2.30. The smallest absolute Gasteiger partial charge is 0.416 e. The molecular formula is C19H19F3N2O5S. The maximum Gasteiger partial charge on any atom is 0.416 e. The van der Waals surface area contributed by atoms with Gasteiger partial charge in [0.15, 0.2) is 6.61 Å². The van der Waals surface area contributed by atoms with Gasteiger partial charge in [-0.25, -0.2) is 17.9 Å². The van der Waals surface area contributed by atoms with Gasteiger partial charge in [-0.3, -0.25) is 4.79 Å². The van der Waals surface area contributed by atoms with Gasteiger partial charge in [-0.2, -0.15) is 13.2 Å². The Hall–Kier alpha value is -2.92. The molecule has 7 nitrogen and oxygen atoms in total. The summed E-state index contributed by atoms with van der Waals surface area (Å²) in [4.78, 5) is 23.8. The van der Waals surface area contributed by atoms with Crippen LogP contribution in [0.15, 0.2) is 53.4 Å². The molecule has 0 radical (unpaired) electrons. The molecule has 2 aromatic rings. The number of rotatable bonds is 7. The average molecular weight is 444 g/mol. The average Bonchev–Trinajstić information content (AvgIpc) is 2.65. The van der Waals surface area contributed by atoms with Crippen molar-refractivity contribution in [3.05, 3.63) is 59.7 Å². The molecule has 0 heterocycles. The number of esters is 1. The van der Waals surface area contributed by atoms with Crippen LogP contribution in [-0.4, -0.2) is 32.9 Å². The fraction of sp³-hybridized carbons (Fsp3) is 0.263. The third kappa shape index (κ3) is 6.56. The van der Waals surface area contributed by atoms with Gasteiger partial charge in [0.25, 0.3) is 5.91 Å². The molecule has 0 aliphatic rings. The lowest BCUT2D eigenvalue weighted by atomic mass is 10.2. The molecule has 0 aromatic heterocycles. The fourth-order valence-electron chi connectivity index (χ4n) is 2.33. The highest BCUT2D eigenvalue weighted by atomic mass is 32.2. The molecule has 0 unspecified atom stereocenters. The van der Waals surface area contributed by atoms with E-state index in [0.717, 1.165) is 18.2 Å². The summed E-state index contributed by atoms with van der Waals surface area (Å²) >= 11 is 0. The van der Waals surface area contributed by atoms with Gasteiger partial charge in [0, 0.05) is 11.7 Å². The van der Waals surface area contributed by atoms with Crippen molar-refractivity contribution in [3.63, 3.8) is 0 Å². The first kappa shape index (κ1) is 23.4. The summed E-state index contributed by atoms with van der Waals surface area (Å²) < 4.78 is 69.4. The number of hydrogen-bond donors (Lipinski definition) is 2. The summed E-state index contributed by atoms with van der Waals surface area (Å²) in [5.74, 6) is -1.72. The Morgan fingerprint density at radius 2 is 1.70 bits per heavy atom. The van der Waals surface area contributed by atoms with Crippen molar-refractivity contribution in [2.24, 2.45) is 0 Å². The molecule has 0 saturated heterocycles. The Balaban J connectivity index is 1.95. The predicted octanol–water partition coefficient (Wildman–Crippen LogP) is 3.19. The normalized spacial score (nSPS) is 11.9. The molecule has 2 rings (SSSR count). The van der Waals surface area contributed by atoms with Crippen molar-refractivity contribution in [1.29, 1.82) is 0 Å². The number of carbonyl (C=O) groups is 2. The Morgan fingerprint density at radius 3 is 2.27 bits per heavy atom. The summed E-state index contributed by atoms with van der Waals surface area (Å²) in [7, 11) is -3.72. The summed E-state index contributed by atoms with van der Waals surface area (Å²) in [6.45, 7) is 2.59. The molecule has 0 fully saturated rings. The van der Waals surface area contributed by atoms with E-state index in [9.17, 15) is 31.2 Å². The number of ether oxygens (including phenoxy) is 1. The van der Waals surface area contributed by atoms with Gasteiger partial charge < -0.3 is 10.1 Å². The lowest BCUT2D eigenvalue weighted by Crippen LogP contribution is -2.30. The van der Waals surface area contributed by atoms with E-state index in [1.54, 1.807) is 13.8 Å². The van der Waals surface area contributed by atoms with E-state index in [-0.39, 0.29) is 22.2 Å². The van der Waals surface area contributed by atoms with E-state index in [0.29, 0.717) is 0 Å². The minimum absolute atomic E-state index is 0.00497. The molecule has 0 bridgehead atoms. The summed E-state index contributed by atoms with van der Waals surface area (Å²) in [6.07, 6.45) is -4.56. The maximum atomic E-state index is 12.7. The molecule has 11 heteroatoms. The third-order valence-corrected chi connectivity index (χ3v) is 5.27. The van der Waals surface area contributed by atoms with Crippen LogP contribution in [0.5, 0.6) is 0 Å². The number of anilines is 1. The highest BCUT2D eigenvalue weighted by molar-refractivity contribution is 7.89.